The quantitative estimate of drug-likeness (QED) is 0.912. The predicted molar refractivity (Wildman–Crippen MR) is 77.6 cm³/mol. The van der Waals surface area contributed by atoms with Crippen molar-refractivity contribution in [3.8, 4) is 5.75 Å². The Morgan fingerprint density at radius 3 is 2.74 bits per heavy atom. The summed E-state index contributed by atoms with van der Waals surface area (Å²) in [5.41, 5.74) is 8.34. The molecule has 0 saturated carbocycles. The van der Waals surface area contributed by atoms with Crippen molar-refractivity contribution in [3.05, 3.63) is 40.4 Å². The minimum atomic E-state index is -0.236. The van der Waals surface area contributed by atoms with E-state index in [0.717, 1.165) is 21.9 Å². The van der Waals surface area contributed by atoms with Crippen molar-refractivity contribution in [3.63, 3.8) is 0 Å². The second-order valence-corrected chi connectivity index (χ2v) is 5.41. The van der Waals surface area contributed by atoms with Crippen molar-refractivity contribution in [1.82, 2.24) is 9.59 Å². The van der Waals surface area contributed by atoms with E-state index >= 15 is 0 Å². The lowest BCUT2D eigenvalue weighted by Gasteiger charge is -2.16. The van der Waals surface area contributed by atoms with Gasteiger partial charge in [0.2, 0.25) is 0 Å². The van der Waals surface area contributed by atoms with Crippen molar-refractivity contribution >= 4 is 11.5 Å². The summed E-state index contributed by atoms with van der Waals surface area (Å²) in [6.07, 6.45) is 0. The zero-order valence-corrected chi connectivity index (χ0v) is 12.3. The van der Waals surface area contributed by atoms with Crippen LogP contribution in [-0.4, -0.2) is 16.2 Å². The van der Waals surface area contributed by atoms with E-state index in [4.69, 9.17) is 10.5 Å². The van der Waals surface area contributed by atoms with Crippen LogP contribution in [0.3, 0.4) is 0 Å². The summed E-state index contributed by atoms with van der Waals surface area (Å²) in [6.45, 7) is 6.79. The summed E-state index contributed by atoms with van der Waals surface area (Å²) >= 11 is 1.37. The van der Waals surface area contributed by atoms with Crippen LogP contribution in [0.5, 0.6) is 5.75 Å². The number of para-hydroxylation sites is 1. The third-order valence-electron chi connectivity index (χ3n) is 2.92. The molecule has 0 aliphatic rings. The van der Waals surface area contributed by atoms with Crippen LogP contribution >= 0.6 is 11.5 Å². The number of rotatable bonds is 5. The normalized spacial score (nSPS) is 12.7. The molecule has 0 aliphatic carbocycles. The highest BCUT2D eigenvalue weighted by atomic mass is 32.1. The molecule has 1 atom stereocenters. The van der Waals surface area contributed by atoms with E-state index in [0.29, 0.717) is 12.5 Å². The van der Waals surface area contributed by atoms with Gasteiger partial charge in [0.1, 0.15) is 5.75 Å². The fraction of sp³-hybridized carbons (Fsp3) is 0.429. The molecule has 19 heavy (non-hydrogen) atoms. The highest BCUT2D eigenvalue weighted by molar-refractivity contribution is 7.05. The number of nitrogens with zero attached hydrogens (tertiary/aromatic N) is 2. The van der Waals surface area contributed by atoms with Gasteiger partial charge >= 0.3 is 0 Å². The molecule has 0 bridgehead atoms. The highest BCUT2D eigenvalue weighted by Crippen LogP contribution is 2.33. The topological polar surface area (TPSA) is 61.0 Å². The third kappa shape index (κ3) is 2.93. The molecule has 0 aliphatic heterocycles. The van der Waals surface area contributed by atoms with Crippen molar-refractivity contribution in [1.29, 1.82) is 0 Å². The lowest BCUT2D eigenvalue weighted by atomic mass is 10.0. The van der Waals surface area contributed by atoms with Crippen molar-refractivity contribution in [2.24, 2.45) is 5.73 Å². The summed E-state index contributed by atoms with van der Waals surface area (Å²) in [5, 5.41) is 4.19. The average Bonchev–Trinajstić information content (AvgIpc) is 2.88. The van der Waals surface area contributed by atoms with Crippen LogP contribution in [0.25, 0.3) is 0 Å². The third-order valence-corrected chi connectivity index (χ3v) is 3.75. The SMILES string of the molecule is CCOc1ccccc1C(N)c1snnc1C(C)C. The zero-order valence-electron chi connectivity index (χ0n) is 11.5. The maximum absolute atomic E-state index is 6.38. The second kappa shape index (κ2) is 6.12. The van der Waals surface area contributed by atoms with Crippen molar-refractivity contribution in [2.75, 3.05) is 6.61 Å². The fourth-order valence-electron chi connectivity index (χ4n) is 1.99. The minimum absolute atomic E-state index is 0.236. The smallest absolute Gasteiger partial charge is 0.124 e. The van der Waals surface area contributed by atoms with Gasteiger partial charge < -0.3 is 10.5 Å². The maximum Gasteiger partial charge on any atom is 0.124 e. The second-order valence-electron chi connectivity index (χ2n) is 4.63. The molecule has 1 heterocycles. The molecule has 5 heteroatoms. The lowest BCUT2D eigenvalue weighted by molar-refractivity contribution is 0.335. The van der Waals surface area contributed by atoms with Crippen LogP contribution in [0.1, 0.15) is 48.9 Å². The van der Waals surface area contributed by atoms with Gasteiger partial charge in [-0.3, -0.25) is 0 Å². The Balaban J connectivity index is 2.38. The first kappa shape index (κ1) is 14.0. The van der Waals surface area contributed by atoms with Gasteiger partial charge in [-0.25, -0.2) is 0 Å². The predicted octanol–water partition coefficient (Wildman–Crippen LogP) is 3.11. The monoisotopic (exact) mass is 277 g/mol. The number of benzene rings is 1. The zero-order chi connectivity index (χ0) is 13.8. The number of nitrogens with two attached hydrogens (primary N) is 1. The van der Waals surface area contributed by atoms with E-state index in [1.165, 1.54) is 11.5 Å². The Labute approximate surface area is 117 Å². The Morgan fingerprint density at radius 1 is 1.32 bits per heavy atom. The van der Waals surface area contributed by atoms with Gasteiger partial charge in [-0.15, -0.1) is 5.10 Å². The largest absolute Gasteiger partial charge is 0.494 e. The Hall–Kier alpha value is -1.46. The standard InChI is InChI=1S/C14H19N3OS/c1-4-18-11-8-6-5-7-10(11)12(15)14-13(9(2)3)16-17-19-14/h5-9,12H,4,15H2,1-3H3. The van der Waals surface area contributed by atoms with E-state index < -0.39 is 0 Å². The summed E-state index contributed by atoms with van der Waals surface area (Å²) in [6, 6.07) is 7.64. The Morgan fingerprint density at radius 2 is 2.05 bits per heavy atom. The number of ether oxygens (including phenoxy) is 1. The van der Waals surface area contributed by atoms with Crippen LogP contribution in [0.15, 0.2) is 24.3 Å². The summed E-state index contributed by atoms with van der Waals surface area (Å²) in [5.74, 6) is 1.15. The summed E-state index contributed by atoms with van der Waals surface area (Å²) in [7, 11) is 0. The van der Waals surface area contributed by atoms with Gasteiger partial charge in [0.15, 0.2) is 0 Å². The van der Waals surface area contributed by atoms with Crippen molar-refractivity contribution < 1.29 is 4.74 Å². The molecule has 2 N–H and O–H groups in total. The molecule has 0 saturated heterocycles. The Bertz CT molecular complexity index is 539. The summed E-state index contributed by atoms with van der Waals surface area (Å²) < 4.78 is 9.68. The van der Waals surface area contributed by atoms with Crippen LogP contribution < -0.4 is 10.5 Å². The van der Waals surface area contributed by atoms with E-state index in [-0.39, 0.29) is 6.04 Å². The van der Waals surface area contributed by atoms with Crippen LogP contribution in [0.4, 0.5) is 0 Å². The number of hydrogen-bond donors (Lipinski definition) is 1. The molecule has 2 aromatic rings. The molecule has 0 radical (unpaired) electrons. The minimum Gasteiger partial charge on any atom is -0.494 e. The van der Waals surface area contributed by atoms with E-state index in [1.54, 1.807) is 0 Å². The lowest BCUT2D eigenvalue weighted by Crippen LogP contribution is -2.14. The average molecular weight is 277 g/mol. The molecule has 2 rings (SSSR count). The van der Waals surface area contributed by atoms with Gasteiger partial charge in [-0.2, -0.15) is 0 Å². The van der Waals surface area contributed by atoms with Gasteiger partial charge in [-0.05, 0) is 30.4 Å². The molecule has 1 aromatic carbocycles. The van der Waals surface area contributed by atoms with Crippen LogP contribution in [0.2, 0.25) is 0 Å². The van der Waals surface area contributed by atoms with E-state index in [9.17, 15) is 0 Å². The number of aromatic nitrogens is 2. The molecule has 0 amide bonds. The Kier molecular flexibility index (Phi) is 4.50. The van der Waals surface area contributed by atoms with Gasteiger partial charge in [0.05, 0.1) is 23.2 Å². The maximum atomic E-state index is 6.38. The first-order valence-corrected chi connectivity index (χ1v) is 7.22. The van der Waals surface area contributed by atoms with Gasteiger partial charge in [0, 0.05) is 5.56 Å². The van der Waals surface area contributed by atoms with E-state index in [1.807, 2.05) is 31.2 Å². The summed E-state index contributed by atoms with van der Waals surface area (Å²) in [4.78, 5) is 1.02. The number of hydrogen-bond acceptors (Lipinski definition) is 5. The first-order valence-electron chi connectivity index (χ1n) is 6.44. The van der Waals surface area contributed by atoms with Crippen molar-refractivity contribution in [2.45, 2.75) is 32.7 Å². The molecule has 1 aromatic heterocycles. The van der Waals surface area contributed by atoms with Gasteiger partial charge in [0.25, 0.3) is 0 Å². The fourth-order valence-corrected chi connectivity index (χ4v) is 2.81. The first-order chi connectivity index (χ1) is 9.15. The molecule has 4 nitrogen and oxygen atoms in total. The molecule has 0 fully saturated rings. The molecule has 1 unspecified atom stereocenters. The van der Waals surface area contributed by atoms with Gasteiger partial charge in [-0.1, -0.05) is 36.5 Å². The van der Waals surface area contributed by atoms with E-state index in [2.05, 4.69) is 23.4 Å². The molecule has 102 valence electrons. The molecular formula is C14H19N3OS. The van der Waals surface area contributed by atoms with Crippen LogP contribution in [0, 0.1) is 0 Å². The molecule has 0 spiro atoms. The molecular weight excluding hydrogens is 258 g/mol. The van der Waals surface area contributed by atoms with Crippen LogP contribution in [-0.2, 0) is 0 Å². The highest BCUT2D eigenvalue weighted by Gasteiger charge is 2.21.